The Morgan fingerprint density at radius 2 is 1.43 bits per heavy atom. The molecule has 3 aromatic rings. The van der Waals surface area contributed by atoms with Crippen molar-refractivity contribution < 1.29 is 29.0 Å². The van der Waals surface area contributed by atoms with Gasteiger partial charge < -0.3 is 25.2 Å². The molecule has 4 unspecified atom stereocenters. The molecule has 8 heteroatoms. The monoisotopic (exact) mass is 642 g/mol. The van der Waals surface area contributed by atoms with E-state index in [-0.39, 0.29) is 6.42 Å². The number of ketones is 1. The zero-order valence-electron chi connectivity index (χ0n) is 28.4. The molecule has 0 aromatic heterocycles. The molecule has 0 radical (unpaired) electrons. The average Bonchev–Trinajstić information content (AvgIpc) is 3.05. The van der Waals surface area contributed by atoms with Crippen molar-refractivity contribution >= 4 is 29.0 Å². The highest BCUT2D eigenvalue weighted by atomic mass is 16.5. The standard InChI is InChI=1S/C39H50N2O6/c1-6-10-11-16-23-47-32-22-21-28(24-33(32)46-9-4)34-35(37(43)40-29-19-14-12-17-26(29)7-2)31(42)25-39(5,45)36(34)38(44)41-30-20-15-13-18-27(30)8-3/h12-15,17-22,24,34-36,45H,6-11,16,23,25H2,1-5H3,(H,40,43)(H,41,44). The molecule has 1 aliphatic carbocycles. The molecule has 252 valence electrons. The van der Waals surface area contributed by atoms with Gasteiger partial charge in [0.1, 0.15) is 11.7 Å². The first-order valence-corrected chi connectivity index (χ1v) is 17.1. The van der Waals surface area contributed by atoms with Crippen molar-refractivity contribution in [2.75, 3.05) is 23.8 Å². The number of aryl methyl sites for hydroxylation is 2. The van der Waals surface area contributed by atoms with Crippen molar-refractivity contribution in [1.29, 1.82) is 0 Å². The summed E-state index contributed by atoms with van der Waals surface area (Å²) >= 11 is 0. The summed E-state index contributed by atoms with van der Waals surface area (Å²) in [6.45, 7) is 10.4. The smallest absolute Gasteiger partial charge is 0.235 e. The topological polar surface area (TPSA) is 114 Å². The summed E-state index contributed by atoms with van der Waals surface area (Å²) in [5.74, 6) is -3.77. The number of amides is 2. The molecular weight excluding hydrogens is 592 g/mol. The number of hydrogen-bond acceptors (Lipinski definition) is 6. The number of hydrogen-bond donors (Lipinski definition) is 3. The predicted molar refractivity (Wildman–Crippen MR) is 186 cm³/mol. The van der Waals surface area contributed by atoms with Crippen molar-refractivity contribution in [3.05, 3.63) is 83.4 Å². The second-order valence-electron chi connectivity index (χ2n) is 12.5. The fraction of sp³-hybridized carbons (Fsp3) is 0.462. The molecule has 0 spiro atoms. The van der Waals surface area contributed by atoms with Gasteiger partial charge in [-0.25, -0.2) is 0 Å². The molecule has 3 N–H and O–H groups in total. The van der Waals surface area contributed by atoms with Crippen LogP contribution in [0.3, 0.4) is 0 Å². The molecule has 0 aliphatic heterocycles. The van der Waals surface area contributed by atoms with Gasteiger partial charge in [-0.2, -0.15) is 0 Å². The van der Waals surface area contributed by atoms with E-state index in [4.69, 9.17) is 9.47 Å². The lowest BCUT2D eigenvalue weighted by Crippen LogP contribution is -2.56. The van der Waals surface area contributed by atoms with Crippen molar-refractivity contribution in [3.8, 4) is 11.5 Å². The third-order valence-electron chi connectivity index (χ3n) is 9.05. The van der Waals surface area contributed by atoms with Crippen LogP contribution in [-0.4, -0.2) is 41.5 Å². The Balaban J connectivity index is 1.80. The molecule has 3 aromatic carbocycles. The van der Waals surface area contributed by atoms with Crippen LogP contribution in [0.1, 0.15) is 89.3 Å². The lowest BCUT2D eigenvalue weighted by atomic mass is 9.61. The number of rotatable bonds is 15. The number of anilines is 2. The molecule has 1 aliphatic rings. The maximum atomic E-state index is 14.3. The number of carbonyl (C=O) groups excluding carboxylic acids is 3. The Bertz CT molecular complexity index is 1530. The minimum Gasteiger partial charge on any atom is -0.490 e. The molecule has 0 bridgehead atoms. The Labute approximate surface area is 279 Å². The highest BCUT2D eigenvalue weighted by Gasteiger charge is 2.56. The third kappa shape index (κ3) is 8.60. The number of unbranched alkanes of at least 4 members (excludes halogenated alkanes) is 3. The van der Waals surface area contributed by atoms with Crippen LogP contribution in [0.25, 0.3) is 0 Å². The molecule has 0 heterocycles. The molecule has 1 saturated carbocycles. The van der Waals surface area contributed by atoms with E-state index in [1.54, 1.807) is 24.3 Å². The van der Waals surface area contributed by atoms with Crippen molar-refractivity contribution in [3.63, 3.8) is 0 Å². The van der Waals surface area contributed by atoms with Crippen LogP contribution in [-0.2, 0) is 27.2 Å². The first-order valence-electron chi connectivity index (χ1n) is 17.1. The van der Waals surface area contributed by atoms with Crippen LogP contribution in [0.5, 0.6) is 11.5 Å². The summed E-state index contributed by atoms with van der Waals surface area (Å²) < 4.78 is 12.1. The molecule has 4 rings (SSSR count). The van der Waals surface area contributed by atoms with Crippen LogP contribution >= 0.6 is 0 Å². The van der Waals surface area contributed by atoms with Crippen LogP contribution < -0.4 is 20.1 Å². The molecule has 2 amide bonds. The molecule has 0 saturated heterocycles. The van der Waals surface area contributed by atoms with Gasteiger partial charge in [0.15, 0.2) is 11.5 Å². The van der Waals surface area contributed by atoms with Crippen LogP contribution in [0.15, 0.2) is 66.7 Å². The Morgan fingerprint density at radius 3 is 2.02 bits per heavy atom. The van der Waals surface area contributed by atoms with Gasteiger partial charge in [0.25, 0.3) is 0 Å². The Kier molecular flexibility index (Phi) is 12.6. The molecule has 4 atom stereocenters. The quantitative estimate of drug-likeness (QED) is 0.117. The number of aliphatic hydroxyl groups is 1. The van der Waals surface area contributed by atoms with Gasteiger partial charge >= 0.3 is 0 Å². The van der Waals surface area contributed by atoms with E-state index >= 15 is 0 Å². The largest absolute Gasteiger partial charge is 0.490 e. The van der Waals surface area contributed by atoms with Gasteiger partial charge in [0.2, 0.25) is 11.8 Å². The summed E-state index contributed by atoms with van der Waals surface area (Å²) in [5.41, 5.74) is 1.92. The van der Waals surface area contributed by atoms with Gasteiger partial charge in [-0.3, -0.25) is 14.4 Å². The second-order valence-corrected chi connectivity index (χ2v) is 12.5. The summed E-state index contributed by atoms with van der Waals surface area (Å²) in [7, 11) is 0. The number of benzene rings is 3. The number of carbonyl (C=O) groups is 3. The van der Waals surface area contributed by atoms with Gasteiger partial charge in [-0.1, -0.05) is 82.5 Å². The van der Waals surface area contributed by atoms with Crippen molar-refractivity contribution in [1.82, 2.24) is 0 Å². The van der Waals surface area contributed by atoms with Gasteiger partial charge in [0, 0.05) is 23.7 Å². The fourth-order valence-corrected chi connectivity index (χ4v) is 6.64. The maximum Gasteiger partial charge on any atom is 0.235 e. The summed E-state index contributed by atoms with van der Waals surface area (Å²) in [6.07, 6.45) is 5.26. The zero-order valence-corrected chi connectivity index (χ0v) is 28.4. The number of nitrogens with one attached hydrogen (secondary N) is 2. The molecule has 8 nitrogen and oxygen atoms in total. The fourth-order valence-electron chi connectivity index (χ4n) is 6.64. The Morgan fingerprint density at radius 1 is 0.809 bits per heavy atom. The van der Waals surface area contributed by atoms with Gasteiger partial charge in [0.05, 0.1) is 24.7 Å². The van der Waals surface area contributed by atoms with E-state index in [1.165, 1.54) is 6.92 Å². The minimum atomic E-state index is -1.73. The minimum absolute atomic E-state index is 0.345. The lowest BCUT2D eigenvalue weighted by Gasteiger charge is -2.44. The van der Waals surface area contributed by atoms with Crippen LogP contribution in [0.4, 0.5) is 11.4 Å². The van der Waals surface area contributed by atoms with Crippen LogP contribution in [0.2, 0.25) is 0 Å². The lowest BCUT2D eigenvalue weighted by molar-refractivity contribution is -0.150. The van der Waals surface area contributed by atoms with E-state index in [0.717, 1.165) is 36.8 Å². The van der Waals surface area contributed by atoms with E-state index in [0.29, 0.717) is 54.5 Å². The first kappa shape index (κ1) is 35.7. The zero-order chi connectivity index (χ0) is 34.0. The molecular formula is C39H50N2O6. The second kappa shape index (κ2) is 16.6. The summed E-state index contributed by atoms with van der Waals surface area (Å²) in [6, 6.07) is 20.3. The van der Waals surface area contributed by atoms with E-state index in [1.807, 2.05) is 63.2 Å². The SMILES string of the molecule is CCCCCCOc1ccc(C2C(C(=O)Nc3ccccc3CC)C(=O)CC(C)(O)C2C(=O)Nc2ccccc2CC)cc1OCC. The highest BCUT2D eigenvalue weighted by Crippen LogP contribution is 2.48. The van der Waals surface area contributed by atoms with E-state index in [2.05, 4.69) is 17.6 Å². The molecule has 1 fully saturated rings. The van der Waals surface area contributed by atoms with Gasteiger partial charge in [-0.05, 0) is 74.1 Å². The summed E-state index contributed by atoms with van der Waals surface area (Å²) in [4.78, 5) is 42.4. The molecule has 47 heavy (non-hydrogen) atoms. The van der Waals surface area contributed by atoms with E-state index in [9.17, 15) is 19.5 Å². The predicted octanol–water partition coefficient (Wildman–Crippen LogP) is 7.49. The van der Waals surface area contributed by atoms with E-state index < -0.39 is 41.0 Å². The number of ether oxygens (including phenoxy) is 2. The number of Topliss-reactive ketones (excluding diaryl/α,β-unsaturated/α-hetero) is 1. The first-order chi connectivity index (χ1) is 22.6. The number of para-hydroxylation sites is 2. The maximum absolute atomic E-state index is 14.3. The Hall–Kier alpha value is -4.17. The van der Waals surface area contributed by atoms with Crippen molar-refractivity contribution in [2.24, 2.45) is 11.8 Å². The summed E-state index contributed by atoms with van der Waals surface area (Å²) in [5, 5.41) is 17.8. The normalized spacial score (nSPS) is 20.8. The highest BCUT2D eigenvalue weighted by molar-refractivity contribution is 6.10. The third-order valence-corrected chi connectivity index (χ3v) is 9.05. The van der Waals surface area contributed by atoms with Crippen molar-refractivity contribution in [2.45, 2.75) is 91.1 Å². The van der Waals surface area contributed by atoms with Gasteiger partial charge in [-0.15, -0.1) is 0 Å². The van der Waals surface area contributed by atoms with Crippen LogP contribution in [0, 0.1) is 11.8 Å². The average molecular weight is 643 g/mol.